The quantitative estimate of drug-likeness (QED) is 0.502. The van der Waals surface area contributed by atoms with E-state index < -0.39 is 5.91 Å². The smallest absolute Gasteiger partial charge is 0.300 e. The maximum absolute atomic E-state index is 11.4. The van der Waals surface area contributed by atoms with Gasteiger partial charge in [0.05, 0.1) is 0 Å². The number of carbonyl (C=O) groups excluding carboxylic acids is 1. The van der Waals surface area contributed by atoms with Crippen molar-refractivity contribution in [3.05, 3.63) is 58.5 Å². The van der Waals surface area contributed by atoms with Crippen LogP contribution >= 0.6 is 0 Å². The standard InChI is InChI=1S/C16H21N3O2/c1-11-4-6-13(7-5-11)9-19(3)10-14-8-15(16(20)18-17)21-12(14)2/h4-8H,9-10,17H2,1-3H3,(H,18,20). The molecule has 1 aromatic heterocycles. The number of hydrazine groups is 1. The molecule has 21 heavy (non-hydrogen) atoms. The van der Waals surface area contributed by atoms with Gasteiger partial charge in [0, 0.05) is 18.7 Å². The van der Waals surface area contributed by atoms with Crippen LogP contribution in [0.2, 0.25) is 0 Å². The summed E-state index contributed by atoms with van der Waals surface area (Å²) >= 11 is 0. The summed E-state index contributed by atoms with van der Waals surface area (Å²) in [6.45, 7) is 5.47. The highest BCUT2D eigenvalue weighted by Gasteiger charge is 2.14. The highest BCUT2D eigenvalue weighted by molar-refractivity contribution is 5.91. The molecule has 0 spiro atoms. The minimum atomic E-state index is -0.412. The first-order valence-electron chi connectivity index (χ1n) is 6.84. The first-order valence-corrected chi connectivity index (χ1v) is 6.84. The van der Waals surface area contributed by atoms with Gasteiger partial charge in [-0.2, -0.15) is 0 Å². The fraction of sp³-hybridized carbons (Fsp3) is 0.312. The molecule has 0 fully saturated rings. The zero-order valence-corrected chi connectivity index (χ0v) is 12.6. The van der Waals surface area contributed by atoms with Crippen molar-refractivity contribution in [3.63, 3.8) is 0 Å². The Labute approximate surface area is 124 Å². The summed E-state index contributed by atoms with van der Waals surface area (Å²) in [5, 5.41) is 0. The Balaban J connectivity index is 2.02. The molecular weight excluding hydrogens is 266 g/mol. The first-order chi connectivity index (χ1) is 9.99. The topological polar surface area (TPSA) is 71.5 Å². The molecule has 0 aliphatic heterocycles. The molecule has 0 aliphatic carbocycles. The minimum Gasteiger partial charge on any atom is -0.456 e. The molecule has 112 valence electrons. The van der Waals surface area contributed by atoms with Crippen LogP contribution in [0.15, 0.2) is 34.7 Å². The van der Waals surface area contributed by atoms with Gasteiger partial charge in [0.2, 0.25) is 0 Å². The zero-order chi connectivity index (χ0) is 15.4. The third-order valence-electron chi connectivity index (χ3n) is 3.39. The second-order valence-corrected chi connectivity index (χ2v) is 5.32. The summed E-state index contributed by atoms with van der Waals surface area (Å²) < 4.78 is 5.42. The fourth-order valence-electron chi connectivity index (χ4n) is 2.21. The molecule has 0 radical (unpaired) electrons. The second-order valence-electron chi connectivity index (χ2n) is 5.32. The third kappa shape index (κ3) is 3.93. The predicted molar refractivity (Wildman–Crippen MR) is 81.4 cm³/mol. The summed E-state index contributed by atoms with van der Waals surface area (Å²) in [4.78, 5) is 13.6. The van der Waals surface area contributed by atoms with Crippen LogP contribution in [0, 0.1) is 13.8 Å². The van der Waals surface area contributed by atoms with Crippen molar-refractivity contribution in [1.29, 1.82) is 0 Å². The van der Waals surface area contributed by atoms with Crippen molar-refractivity contribution in [2.75, 3.05) is 7.05 Å². The molecule has 0 bridgehead atoms. The van der Waals surface area contributed by atoms with E-state index in [1.54, 1.807) is 6.07 Å². The van der Waals surface area contributed by atoms with E-state index in [9.17, 15) is 4.79 Å². The van der Waals surface area contributed by atoms with Gasteiger partial charge in [-0.15, -0.1) is 0 Å². The molecule has 0 unspecified atom stereocenters. The number of rotatable bonds is 5. The number of nitrogen functional groups attached to an aromatic ring is 1. The molecule has 0 saturated carbocycles. The van der Waals surface area contributed by atoms with Gasteiger partial charge < -0.3 is 4.42 Å². The number of hydrogen-bond acceptors (Lipinski definition) is 4. The number of furan rings is 1. The van der Waals surface area contributed by atoms with Crippen LogP contribution in [0.3, 0.4) is 0 Å². The molecule has 5 heteroatoms. The second kappa shape index (κ2) is 6.56. The number of nitrogens with zero attached hydrogens (tertiary/aromatic N) is 1. The molecule has 1 aromatic carbocycles. The van der Waals surface area contributed by atoms with Gasteiger partial charge in [0.25, 0.3) is 0 Å². The Morgan fingerprint density at radius 3 is 2.52 bits per heavy atom. The van der Waals surface area contributed by atoms with Gasteiger partial charge in [-0.1, -0.05) is 29.8 Å². The highest BCUT2D eigenvalue weighted by atomic mass is 16.4. The lowest BCUT2D eigenvalue weighted by molar-refractivity contribution is 0.0924. The average molecular weight is 287 g/mol. The maximum Gasteiger partial charge on any atom is 0.300 e. The van der Waals surface area contributed by atoms with Crippen LogP contribution in [0.4, 0.5) is 0 Å². The number of carbonyl (C=O) groups is 1. The maximum atomic E-state index is 11.4. The van der Waals surface area contributed by atoms with E-state index in [-0.39, 0.29) is 5.76 Å². The molecule has 0 aliphatic rings. The number of benzene rings is 1. The van der Waals surface area contributed by atoms with E-state index in [4.69, 9.17) is 10.3 Å². The third-order valence-corrected chi connectivity index (χ3v) is 3.39. The molecular formula is C16H21N3O2. The lowest BCUT2D eigenvalue weighted by atomic mass is 10.1. The van der Waals surface area contributed by atoms with E-state index >= 15 is 0 Å². The molecule has 3 N–H and O–H groups in total. The Hall–Kier alpha value is -2.11. The zero-order valence-electron chi connectivity index (χ0n) is 12.6. The van der Waals surface area contributed by atoms with Crippen LogP contribution in [0.25, 0.3) is 0 Å². The Morgan fingerprint density at radius 2 is 1.90 bits per heavy atom. The largest absolute Gasteiger partial charge is 0.456 e. The van der Waals surface area contributed by atoms with Crippen molar-refractivity contribution < 1.29 is 9.21 Å². The highest BCUT2D eigenvalue weighted by Crippen LogP contribution is 2.17. The van der Waals surface area contributed by atoms with Crippen LogP contribution < -0.4 is 11.3 Å². The fourth-order valence-corrected chi connectivity index (χ4v) is 2.21. The molecule has 0 saturated heterocycles. The summed E-state index contributed by atoms with van der Waals surface area (Å²) in [6.07, 6.45) is 0. The van der Waals surface area contributed by atoms with Gasteiger partial charge in [-0.3, -0.25) is 15.1 Å². The van der Waals surface area contributed by atoms with E-state index in [1.807, 2.05) is 14.0 Å². The van der Waals surface area contributed by atoms with Gasteiger partial charge >= 0.3 is 5.91 Å². The van der Waals surface area contributed by atoms with Crippen molar-refractivity contribution in [3.8, 4) is 0 Å². The Morgan fingerprint density at radius 1 is 1.24 bits per heavy atom. The summed E-state index contributed by atoms with van der Waals surface area (Å²) in [7, 11) is 2.04. The van der Waals surface area contributed by atoms with Gasteiger partial charge in [0.15, 0.2) is 5.76 Å². The predicted octanol–water partition coefficient (Wildman–Crippen LogP) is 2.13. The Bertz CT molecular complexity index is 617. The van der Waals surface area contributed by atoms with Gasteiger partial charge in [-0.25, -0.2) is 5.84 Å². The first kappa shape index (κ1) is 15.3. The normalized spacial score (nSPS) is 10.9. The van der Waals surface area contributed by atoms with Crippen LogP contribution in [-0.2, 0) is 13.1 Å². The molecule has 2 rings (SSSR count). The lowest BCUT2D eigenvalue weighted by Gasteiger charge is -2.16. The van der Waals surface area contributed by atoms with Crippen molar-refractivity contribution >= 4 is 5.91 Å². The number of nitrogens with one attached hydrogen (secondary N) is 1. The molecule has 5 nitrogen and oxygen atoms in total. The average Bonchev–Trinajstić information content (AvgIpc) is 2.82. The van der Waals surface area contributed by atoms with Crippen LogP contribution in [0.1, 0.15) is 33.0 Å². The number of amides is 1. The minimum absolute atomic E-state index is 0.244. The summed E-state index contributed by atoms with van der Waals surface area (Å²) in [6, 6.07) is 10.2. The molecule has 2 aromatic rings. The molecule has 0 atom stereocenters. The van der Waals surface area contributed by atoms with E-state index in [2.05, 4.69) is 41.5 Å². The van der Waals surface area contributed by atoms with E-state index in [0.717, 1.165) is 17.9 Å². The monoisotopic (exact) mass is 287 g/mol. The number of nitrogens with two attached hydrogens (primary N) is 1. The van der Waals surface area contributed by atoms with E-state index in [0.29, 0.717) is 6.54 Å². The Kier molecular flexibility index (Phi) is 4.77. The molecule has 1 amide bonds. The van der Waals surface area contributed by atoms with E-state index in [1.165, 1.54) is 11.1 Å². The van der Waals surface area contributed by atoms with Crippen molar-refractivity contribution in [1.82, 2.24) is 10.3 Å². The SMILES string of the molecule is Cc1ccc(CN(C)Cc2cc(C(=O)NN)oc2C)cc1. The van der Waals surface area contributed by atoms with Crippen LogP contribution in [0.5, 0.6) is 0 Å². The number of aryl methyl sites for hydroxylation is 2. The van der Waals surface area contributed by atoms with Crippen molar-refractivity contribution in [2.24, 2.45) is 5.84 Å². The lowest BCUT2D eigenvalue weighted by Crippen LogP contribution is -2.29. The summed E-state index contributed by atoms with van der Waals surface area (Å²) in [5.74, 6) is 5.68. The van der Waals surface area contributed by atoms with Crippen LogP contribution in [-0.4, -0.2) is 17.9 Å². The van der Waals surface area contributed by atoms with Gasteiger partial charge in [-0.05, 0) is 32.5 Å². The number of hydrogen-bond donors (Lipinski definition) is 2. The van der Waals surface area contributed by atoms with Crippen molar-refractivity contribution in [2.45, 2.75) is 26.9 Å². The van der Waals surface area contributed by atoms with Gasteiger partial charge in [0.1, 0.15) is 5.76 Å². The summed E-state index contributed by atoms with van der Waals surface area (Å²) in [5.41, 5.74) is 5.57. The molecule has 1 heterocycles.